The summed E-state index contributed by atoms with van der Waals surface area (Å²) in [7, 11) is 0. The molecule has 29 heavy (non-hydrogen) atoms. The molecule has 1 spiro atoms. The Hall–Kier alpha value is -3.57. The van der Waals surface area contributed by atoms with Crippen molar-refractivity contribution in [1.29, 1.82) is 5.26 Å². The van der Waals surface area contributed by atoms with Crippen molar-refractivity contribution in [2.75, 3.05) is 31.1 Å². The summed E-state index contributed by atoms with van der Waals surface area (Å²) in [5.41, 5.74) is 3.25. The number of hydrogen-bond donors (Lipinski definition) is 0. The molecule has 5 nitrogen and oxygen atoms in total. The third kappa shape index (κ3) is 3.37. The first-order chi connectivity index (χ1) is 14.2. The Labute approximate surface area is 170 Å². The second kappa shape index (κ2) is 7.11. The average Bonchev–Trinajstić information content (AvgIpc) is 2.76. The highest BCUT2D eigenvalue weighted by Crippen LogP contribution is 2.43. The number of hydrogen-bond acceptors (Lipinski definition) is 5. The quantitative estimate of drug-likeness (QED) is 0.479. The van der Waals surface area contributed by atoms with Crippen LogP contribution in [0.5, 0.6) is 0 Å². The van der Waals surface area contributed by atoms with Crippen molar-refractivity contribution in [3.05, 3.63) is 66.0 Å². The van der Waals surface area contributed by atoms with E-state index in [9.17, 15) is 0 Å². The monoisotopic (exact) mass is 379 g/mol. The number of piperidine rings is 1. The molecule has 0 N–H and O–H groups in total. The first-order valence-electron chi connectivity index (χ1n) is 9.96. The van der Waals surface area contributed by atoms with E-state index >= 15 is 0 Å². The van der Waals surface area contributed by atoms with E-state index in [-0.39, 0.29) is 0 Å². The lowest BCUT2D eigenvalue weighted by atomic mass is 9.72. The van der Waals surface area contributed by atoms with Crippen LogP contribution >= 0.6 is 0 Å². The number of benzene rings is 2. The maximum atomic E-state index is 9.08. The van der Waals surface area contributed by atoms with E-state index in [4.69, 9.17) is 5.26 Å². The third-order valence-electron chi connectivity index (χ3n) is 6.06. The summed E-state index contributed by atoms with van der Waals surface area (Å²) in [5, 5.41) is 10.1. The van der Waals surface area contributed by atoms with Crippen molar-refractivity contribution in [3.63, 3.8) is 0 Å². The average molecular weight is 379 g/mol. The highest BCUT2D eigenvalue weighted by molar-refractivity contribution is 5.90. The van der Waals surface area contributed by atoms with Gasteiger partial charge >= 0.3 is 0 Å². The van der Waals surface area contributed by atoms with Crippen LogP contribution in [0.1, 0.15) is 24.0 Å². The zero-order valence-electron chi connectivity index (χ0n) is 16.2. The normalized spacial score (nSPS) is 17.3. The van der Waals surface area contributed by atoms with E-state index in [0.29, 0.717) is 5.41 Å². The van der Waals surface area contributed by atoms with Gasteiger partial charge in [0.1, 0.15) is 12.1 Å². The maximum Gasteiger partial charge on any atom is 0.179 e. The summed E-state index contributed by atoms with van der Waals surface area (Å²) >= 11 is 0. The second-order valence-corrected chi connectivity index (χ2v) is 7.99. The Morgan fingerprint density at radius 1 is 0.897 bits per heavy atom. The standard InChI is InChI=1S/C24H21N5/c25-17-28-12-10-24(11-13-28)15-29(16-24)23-21-14-20(8-9-22(21)26-18-27-23)7-6-19-4-2-1-3-5-19/h1-5,8-9,14,18H,10-13,15-16H2. The molecule has 0 saturated carbocycles. The molecule has 2 saturated heterocycles. The van der Waals surface area contributed by atoms with Crippen LogP contribution < -0.4 is 4.90 Å². The largest absolute Gasteiger partial charge is 0.355 e. The molecule has 2 aliphatic rings. The van der Waals surface area contributed by atoms with E-state index in [0.717, 1.165) is 66.9 Å². The highest BCUT2D eigenvalue weighted by Gasteiger charge is 2.45. The van der Waals surface area contributed by atoms with Gasteiger partial charge in [0.2, 0.25) is 0 Å². The predicted octanol–water partition coefficient (Wildman–Crippen LogP) is 3.41. The molecule has 2 aliphatic heterocycles. The molecule has 3 heterocycles. The van der Waals surface area contributed by atoms with Gasteiger partial charge in [-0.25, -0.2) is 9.97 Å². The molecule has 3 aromatic rings. The molecule has 2 fully saturated rings. The first kappa shape index (κ1) is 17.5. The molecule has 1 aromatic heterocycles. The zero-order valence-corrected chi connectivity index (χ0v) is 16.2. The van der Waals surface area contributed by atoms with Crippen LogP contribution in [-0.2, 0) is 0 Å². The van der Waals surface area contributed by atoms with Gasteiger partial charge in [0.05, 0.1) is 5.52 Å². The first-order valence-corrected chi connectivity index (χ1v) is 9.96. The molecule has 5 rings (SSSR count). The van der Waals surface area contributed by atoms with Gasteiger partial charge in [-0.3, -0.25) is 0 Å². The Bertz CT molecular complexity index is 1140. The lowest BCUT2D eigenvalue weighted by Crippen LogP contribution is -2.60. The zero-order chi connectivity index (χ0) is 19.7. The van der Waals surface area contributed by atoms with Gasteiger partial charge in [-0.15, -0.1) is 0 Å². The Balaban J connectivity index is 1.39. The van der Waals surface area contributed by atoms with E-state index < -0.39 is 0 Å². The summed E-state index contributed by atoms with van der Waals surface area (Å²) < 4.78 is 0. The van der Waals surface area contributed by atoms with Crippen molar-refractivity contribution in [2.24, 2.45) is 5.41 Å². The molecule has 0 radical (unpaired) electrons. The van der Waals surface area contributed by atoms with Crippen LogP contribution in [0, 0.1) is 28.7 Å². The molecule has 0 unspecified atom stereocenters. The van der Waals surface area contributed by atoms with Gasteiger partial charge in [-0.2, -0.15) is 5.26 Å². The SMILES string of the molecule is N#CN1CCC2(CC1)CN(c1ncnc3ccc(C#Cc4ccccc4)cc13)C2. The van der Waals surface area contributed by atoms with Crippen LogP contribution in [0.4, 0.5) is 5.82 Å². The molecular weight excluding hydrogens is 358 g/mol. The van der Waals surface area contributed by atoms with Gasteiger partial charge < -0.3 is 9.80 Å². The van der Waals surface area contributed by atoms with Crippen LogP contribution in [0.25, 0.3) is 10.9 Å². The Kier molecular flexibility index (Phi) is 4.30. The molecule has 5 heteroatoms. The minimum absolute atomic E-state index is 0.329. The summed E-state index contributed by atoms with van der Waals surface area (Å²) in [5.74, 6) is 7.48. The topological polar surface area (TPSA) is 56.1 Å². The minimum Gasteiger partial charge on any atom is -0.355 e. The van der Waals surface area contributed by atoms with Crippen LogP contribution in [-0.4, -0.2) is 41.0 Å². The maximum absolute atomic E-state index is 9.08. The second-order valence-electron chi connectivity index (χ2n) is 7.99. The smallest absolute Gasteiger partial charge is 0.179 e. The fourth-order valence-electron chi connectivity index (χ4n) is 4.35. The lowest BCUT2D eigenvalue weighted by molar-refractivity contribution is 0.104. The van der Waals surface area contributed by atoms with E-state index in [2.05, 4.69) is 39.0 Å². The lowest BCUT2D eigenvalue weighted by Gasteiger charge is -2.54. The molecule has 2 aromatic carbocycles. The summed E-state index contributed by atoms with van der Waals surface area (Å²) in [6, 6.07) is 16.2. The van der Waals surface area contributed by atoms with E-state index in [1.807, 2.05) is 47.4 Å². The number of anilines is 1. The van der Waals surface area contributed by atoms with Crippen molar-refractivity contribution in [1.82, 2.24) is 14.9 Å². The fraction of sp³-hybridized carbons (Fsp3) is 0.292. The number of nitriles is 1. The van der Waals surface area contributed by atoms with Gasteiger partial charge in [0.15, 0.2) is 6.19 Å². The number of aromatic nitrogens is 2. The number of likely N-dealkylation sites (tertiary alicyclic amines) is 1. The van der Waals surface area contributed by atoms with Crippen molar-refractivity contribution in [3.8, 4) is 18.0 Å². The van der Waals surface area contributed by atoms with E-state index in [1.165, 1.54) is 0 Å². The number of fused-ring (bicyclic) bond motifs is 1. The Morgan fingerprint density at radius 2 is 1.66 bits per heavy atom. The van der Waals surface area contributed by atoms with Crippen LogP contribution in [0.3, 0.4) is 0 Å². The minimum atomic E-state index is 0.329. The molecule has 0 atom stereocenters. The fourth-order valence-corrected chi connectivity index (χ4v) is 4.35. The summed E-state index contributed by atoms with van der Waals surface area (Å²) in [6.45, 7) is 3.73. The van der Waals surface area contributed by atoms with Crippen LogP contribution in [0.2, 0.25) is 0 Å². The third-order valence-corrected chi connectivity index (χ3v) is 6.06. The highest BCUT2D eigenvalue weighted by atomic mass is 15.3. The van der Waals surface area contributed by atoms with E-state index in [1.54, 1.807) is 6.33 Å². The molecule has 142 valence electrons. The van der Waals surface area contributed by atoms with Crippen LogP contribution in [0.15, 0.2) is 54.9 Å². The van der Waals surface area contributed by atoms with Gasteiger partial charge in [0.25, 0.3) is 0 Å². The molecule has 0 bridgehead atoms. The molecular formula is C24H21N5. The summed E-state index contributed by atoms with van der Waals surface area (Å²) in [4.78, 5) is 13.3. The number of rotatable bonds is 1. The van der Waals surface area contributed by atoms with Gasteiger partial charge in [-0.05, 0) is 43.2 Å². The van der Waals surface area contributed by atoms with Crippen molar-refractivity contribution in [2.45, 2.75) is 12.8 Å². The molecule has 0 amide bonds. The van der Waals surface area contributed by atoms with Crippen molar-refractivity contribution < 1.29 is 0 Å². The molecule has 0 aliphatic carbocycles. The van der Waals surface area contributed by atoms with Gasteiger partial charge in [-0.1, -0.05) is 30.0 Å². The Morgan fingerprint density at radius 3 is 2.41 bits per heavy atom. The number of nitrogens with zero attached hydrogens (tertiary/aromatic N) is 5. The summed E-state index contributed by atoms with van der Waals surface area (Å²) in [6.07, 6.45) is 6.08. The predicted molar refractivity (Wildman–Crippen MR) is 113 cm³/mol. The van der Waals surface area contributed by atoms with Crippen molar-refractivity contribution >= 4 is 16.7 Å². The van der Waals surface area contributed by atoms with Gasteiger partial charge in [0, 0.05) is 48.1 Å².